The van der Waals surface area contributed by atoms with E-state index < -0.39 is 0 Å². The molecule has 0 aliphatic carbocycles. The first kappa shape index (κ1) is 18.9. The predicted molar refractivity (Wildman–Crippen MR) is 104 cm³/mol. The molecular formula is C20H23N3O. The zero-order valence-corrected chi connectivity index (χ0v) is 14.0. The minimum absolute atomic E-state index is 0.147. The fourth-order valence-electron chi connectivity index (χ4n) is 1.87. The predicted octanol–water partition coefficient (Wildman–Crippen LogP) is 4.07. The zero-order valence-electron chi connectivity index (χ0n) is 14.0. The summed E-state index contributed by atoms with van der Waals surface area (Å²) >= 11 is 0. The highest BCUT2D eigenvalue weighted by molar-refractivity contribution is 5.94. The van der Waals surface area contributed by atoms with Crippen LogP contribution in [0.2, 0.25) is 0 Å². The number of nitrogens with one attached hydrogen (secondary N) is 2. The van der Waals surface area contributed by atoms with Crippen LogP contribution in [0.5, 0.6) is 0 Å². The van der Waals surface area contributed by atoms with Gasteiger partial charge in [-0.05, 0) is 36.8 Å². The third kappa shape index (κ3) is 6.32. The second kappa shape index (κ2) is 10.6. The second-order valence-corrected chi connectivity index (χ2v) is 4.76. The molecule has 0 fully saturated rings. The van der Waals surface area contributed by atoms with E-state index in [0.29, 0.717) is 5.69 Å². The largest absolute Gasteiger partial charge is 0.376 e. The fourth-order valence-corrected chi connectivity index (χ4v) is 1.87. The number of benzene rings is 1. The number of aliphatic imine (C=N–C) groups is 1. The molecule has 0 saturated carbocycles. The van der Waals surface area contributed by atoms with Gasteiger partial charge >= 0.3 is 0 Å². The van der Waals surface area contributed by atoms with E-state index in [-0.39, 0.29) is 12.5 Å². The van der Waals surface area contributed by atoms with Crippen molar-refractivity contribution in [3.8, 4) is 0 Å². The molecule has 0 aromatic heterocycles. The maximum Gasteiger partial charge on any atom is 0.243 e. The van der Waals surface area contributed by atoms with Gasteiger partial charge in [-0.15, -0.1) is 0 Å². The molecule has 1 amide bonds. The summed E-state index contributed by atoms with van der Waals surface area (Å²) in [5.41, 5.74) is 3.27. The summed E-state index contributed by atoms with van der Waals surface area (Å²) in [6, 6.07) is 5.53. The van der Waals surface area contributed by atoms with Gasteiger partial charge in [-0.25, -0.2) is 0 Å². The molecule has 0 atom stereocenters. The van der Waals surface area contributed by atoms with E-state index in [1.807, 2.05) is 43.4 Å². The topological polar surface area (TPSA) is 53.5 Å². The van der Waals surface area contributed by atoms with Crippen molar-refractivity contribution in [3.63, 3.8) is 0 Å². The molecule has 124 valence electrons. The van der Waals surface area contributed by atoms with Crippen molar-refractivity contribution >= 4 is 23.9 Å². The molecule has 0 aliphatic rings. The lowest BCUT2D eigenvalue weighted by Crippen LogP contribution is -2.27. The molecule has 0 radical (unpaired) electrons. The summed E-state index contributed by atoms with van der Waals surface area (Å²) in [5.74, 6) is -0.147. The molecule has 1 aromatic rings. The monoisotopic (exact) mass is 321 g/mol. The van der Waals surface area contributed by atoms with Crippen LogP contribution in [-0.4, -0.2) is 18.7 Å². The molecule has 2 N–H and O–H groups in total. The van der Waals surface area contributed by atoms with E-state index in [4.69, 9.17) is 0 Å². The van der Waals surface area contributed by atoms with Gasteiger partial charge in [0.25, 0.3) is 0 Å². The number of carbonyl (C=O) groups is 1. The van der Waals surface area contributed by atoms with Crippen LogP contribution in [0.1, 0.15) is 18.1 Å². The van der Waals surface area contributed by atoms with Crippen molar-refractivity contribution in [1.29, 1.82) is 0 Å². The van der Waals surface area contributed by atoms with Gasteiger partial charge in [0, 0.05) is 29.4 Å². The quantitative estimate of drug-likeness (QED) is 0.532. The molecule has 0 unspecified atom stereocenters. The molecule has 24 heavy (non-hydrogen) atoms. The van der Waals surface area contributed by atoms with Gasteiger partial charge in [0.1, 0.15) is 0 Å². The highest BCUT2D eigenvalue weighted by atomic mass is 16.1. The molecule has 4 heteroatoms. The number of carbonyl (C=O) groups excluding carboxylic acids is 1. The van der Waals surface area contributed by atoms with Crippen molar-refractivity contribution < 1.29 is 4.79 Å². The van der Waals surface area contributed by atoms with Gasteiger partial charge in [0.2, 0.25) is 5.91 Å². The van der Waals surface area contributed by atoms with Crippen LogP contribution < -0.4 is 10.6 Å². The molecule has 0 heterocycles. The molecule has 0 saturated heterocycles. The van der Waals surface area contributed by atoms with E-state index in [0.717, 1.165) is 16.8 Å². The summed E-state index contributed by atoms with van der Waals surface area (Å²) in [5, 5.41) is 5.86. The van der Waals surface area contributed by atoms with Crippen molar-refractivity contribution in [2.24, 2.45) is 4.99 Å². The van der Waals surface area contributed by atoms with Gasteiger partial charge in [-0.1, -0.05) is 44.0 Å². The van der Waals surface area contributed by atoms with E-state index in [1.165, 1.54) is 6.20 Å². The number of amides is 1. The Labute approximate surface area is 143 Å². The normalized spacial score (nSPS) is 11.5. The van der Waals surface area contributed by atoms with Crippen molar-refractivity contribution in [1.82, 2.24) is 5.32 Å². The lowest BCUT2D eigenvalue weighted by atomic mass is 10.1. The Morgan fingerprint density at radius 2 is 2.04 bits per heavy atom. The smallest absolute Gasteiger partial charge is 0.243 e. The SMILES string of the molecule is C=C/N=C\c1ccc(NC(=O)CN/C(C=C)=C/C=C\C)cc1C=C. The molecule has 0 bridgehead atoms. The maximum atomic E-state index is 12.0. The van der Waals surface area contributed by atoms with E-state index in [1.54, 1.807) is 18.4 Å². The summed E-state index contributed by atoms with van der Waals surface area (Å²) < 4.78 is 0. The summed E-state index contributed by atoms with van der Waals surface area (Å²) in [6.07, 6.45) is 12.2. The van der Waals surface area contributed by atoms with Crippen LogP contribution in [0.15, 0.2) is 79.1 Å². The lowest BCUT2D eigenvalue weighted by Gasteiger charge is -2.10. The first-order chi connectivity index (χ1) is 11.6. The second-order valence-electron chi connectivity index (χ2n) is 4.76. The Balaban J connectivity index is 2.73. The Morgan fingerprint density at radius 3 is 2.67 bits per heavy atom. The van der Waals surface area contributed by atoms with Gasteiger partial charge in [-0.2, -0.15) is 0 Å². The van der Waals surface area contributed by atoms with Gasteiger partial charge in [-0.3, -0.25) is 9.79 Å². The summed E-state index contributed by atoms with van der Waals surface area (Å²) in [7, 11) is 0. The van der Waals surface area contributed by atoms with Crippen LogP contribution in [0.3, 0.4) is 0 Å². The highest BCUT2D eigenvalue weighted by Crippen LogP contribution is 2.16. The fraction of sp³-hybridized carbons (Fsp3) is 0.100. The van der Waals surface area contributed by atoms with Crippen LogP contribution >= 0.6 is 0 Å². The Hall–Kier alpha value is -3.14. The maximum absolute atomic E-state index is 12.0. The molecular weight excluding hydrogens is 298 g/mol. The third-order valence-electron chi connectivity index (χ3n) is 3.05. The number of anilines is 1. The first-order valence-electron chi connectivity index (χ1n) is 7.54. The highest BCUT2D eigenvalue weighted by Gasteiger charge is 2.04. The van der Waals surface area contributed by atoms with Gasteiger partial charge in [0.15, 0.2) is 0 Å². The number of nitrogens with zero attached hydrogens (tertiary/aromatic N) is 1. The first-order valence-corrected chi connectivity index (χ1v) is 7.54. The number of rotatable bonds is 9. The van der Waals surface area contributed by atoms with Crippen molar-refractivity contribution in [2.45, 2.75) is 6.92 Å². The lowest BCUT2D eigenvalue weighted by molar-refractivity contribution is -0.115. The number of hydrogen-bond acceptors (Lipinski definition) is 3. The Bertz CT molecular complexity index is 697. The molecule has 0 spiro atoms. The van der Waals surface area contributed by atoms with Crippen LogP contribution in [0, 0.1) is 0 Å². The molecule has 0 aliphatic heterocycles. The Morgan fingerprint density at radius 1 is 1.25 bits per heavy atom. The summed E-state index contributed by atoms with van der Waals surface area (Å²) in [4.78, 5) is 16.0. The van der Waals surface area contributed by atoms with Crippen LogP contribution in [0.25, 0.3) is 6.08 Å². The minimum atomic E-state index is -0.147. The van der Waals surface area contributed by atoms with Crippen molar-refractivity contribution in [2.75, 3.05) is 11.9 Å². The van der Waals surface area contributed by atoms with Crippen molar-refractivity contribution in [3.05, 3.63) is 85.3 Å². The molecule has 1 aromatic carbocycles. The molecule has 1 rings (SSSR count). The van der Waals surface area contributed by atoms with Crippen LogP contribution in [-0.2, 0) is 4.79 Å². The standard InChI is InChI=1S/C20H23N3O/c1-5-9-10-18(7-3)22-15-20(24)23-19-12-11-17(14-21-8-4)16(6-2)13-19/h5-14,22H,2-4,15H2,1H3,(H,23,24)/b9-5-,18-10+,21-14-. The molecule has 4 nitrogen and oxygen atoms in total. The zero-order chi connectivity index (χ0) is 17.8. The van der Waals surface area contributed by atoms with E-state index in [9.17, 15) is 4.79 Å². The van der Waals surface area contributed by atoms with Crippen LogP contribution in [0.4, 0.5) is 5.69 Å². The minimum Gasteiger partial charge on any atom is -0.376 e. The number of hydrogen-bond donors (Lipinski definition) is 2. The van der Waals surface area contributed by atoms with E-state index in [2.05, 4.69) is 35.4 Å². The average Bonchev–Trinajstić information content (AvgIpc) is 2.60. The van der Waals surface area contributed by atoms with E-state index >= 15 is 0 Å². The van der Waals surface area contributed by atoms with Gasteiger partial charge in [0.05, 0.1) is 6.54 Å². The average molecular weight is 321 g/mol. The van der Waals surface area contributed by atoms with Gasteiger partial charge < -0.3 is 10.6 Å². The third-order valence-corrected chi connectivity index (χ3v) is 3.05. The summed E-state index contributed by atoms with van der Waals surface area (Å²) in [6.45, 7) is 13.1. The Kier molecular flexibility index (Phi) is 8.32. The number of allylic oxidation sites excluding steroid dienone is 4.